The Morgan fingerprint density at radius 3 is 2.32 bits per heavy atom. The molecule has 2 saturated carbocycles. The largest absolute Gasteiger partial charge is 0.274 e. The van der Waals surface area contributed by atoms with Crippen LogP contribution in [0.25, 0.3) is 0 Å². The molecule has 3 heteroatoms. The Hall–Kier alpha value is -1.90. The summed E-state index contributed by atoms with van der Waals surface area (Å²) in [4.78, 5) is 27.9. The van der Waals surface area contributed by atoms with Crippen molar-refractivity contribution < 1.29 is 9.59 Å². The van der Waals surface area contributed by atoms with E-state index >= 15 is 0 Å². The fraction of sp³-hybridized carbons (Fsp3) is 0.545. The van der Waals surface area contributed by atoms with Crippen molar-refractivity contribution in [2.24, 2.45) is 40.9 Å². The summed E-state index contributed by atoms with van der Waals surface area (Å²) in [7, 11) is 0. The third-order valence-corrected chi connectivity index (χ3v) is 8.32. The first-order valence-corrected chi connectivity index (χ1v) is 9.66. The Morgan fingerprint density at radius 1 is 0.960 bits per heavy atom. The molecule has 1 aliphatic heterocycles. The summed E-state index contributed by atoms with van der Waals surface area (Å²) in [5, 5.41) is 0. The normalized spacial score (nSPS) is 42.6. The number of hydrogen-bond donors (Lipinski definition) is 0. The Bertz CT molecular complexity index is 852. The molecule has 1 saturated heterocycles. The summed E-state index contributed by atoms with van der Waals surface area (Å²) < 4.78 is 0. The zero-order valence-electron chi connectivity index (χ0n) is 14.7. The van der Waals surface area contributed by atoms with E-state index in [1.54, 1.807) is 11.1 Å². The first kappa shape index (κ1) is 14.3. The lowest BCUT2D eigenvalue weighted by atomic mass is 9.45. The number of carbonyl (C=O) groups excluding carboxylic acids is 2. The Labute approximate surface area is 148 Å². The minimum absolute atomic E-state index is 0.0544. The Balaban J connectivity index is 1.42. The number of amides is 2. The maximum absolute atomic E-state index is 13.2. The summed E-state index contributed by atoms with van der Waals surface area (Å²) >= 11 is 0. The van der Waals surface area contributed by atoms with Crippen LogP contribution < -0.4 is 4.90 Å². The summed E-state index contributed by atoms with van der Waals surface area (Å²) in [6.07, 6.45) is 3.53. The van der Waals surface area contributed by atoms with Gasteiger partial charge in [0, 0.05) is 0 Å². The highest BCUT2D eigenvalue weighted by Gasteiger charge is 2.68. The van der Waals surface area contributed by atoms with E-state index in [-0.39, 0.29) is 23.7 Å². The number of allylic oxidation sites excluding steroid dienone is 2. The lowest BCUT2D eigenvalue weighted by Gasteiger charge is -2.59. The fourth-order valence-electron chi connectivity index (χ4n) is 7.00. The van der Waals surface area contributed by atoms with Crippen LogP contribution in [-0.4, -0.2) is 11.8 Å². The summed E-state index contributed by atoms with van der Waals surface area (Å²) in [6.45, 7) is 4.80. The van der Waals surface area contributed by atoms with E-state index in [2.05, 4.69) is 13.8 Å². The van der Waals surface area contributed by atoms with Gasteiger partial charge in [-0.1, -0.05) is 43.2 Å². The number of para-hydroxylation sites is 1. The molecule has 7 rings (SSSR count). The van der Waals surface area contributed by atoms with Crippen LogP contribution >= 0.6 is 0 Å². The molecule has 1 heterocycles. The molecule has 0 spiro atoms. The third-order valence-electron chi connectivity index (χ3n) is 8.32. The topological polar surface area (TPSA) is 37.4 Å². The number of nitrogens with zero attached hydrogens (tertiary/aromatic N) is 1. The van der Waals surface area contributed by atoms with Crippen LogP contribution in [0.3, 0.4) is 0 Å². The highest BCUT2D eigenvalue weighted by molar-refractivity contribution is 6.23. The van der Waals surface area contributed by atoms with E-state index in [1.807, 2.05) is 30.3 Å². The number of imide groups is 1. The van der Waals surface area contributed by atoms with Crippen molar-refractivity contribution in [1.82, 2.24) is 0 Å². The molecule has 0 unspecified atom stereocenters. The molecule has 2 amide bonds. The molecule has 4 bridgehead atoms. The van der Waals surface area contributed by atoms with Gasteiger partial charge in [-0.05, 0) is 60.5 Å². The number of carbonyl (C=O) groups is 2. The second-order valence-corrected chi connectivity index (χ2v) is 9.34. The molecule has 128 valence electrons. The van der Waals surface area contributed by atoms with Crippen molar-refractivity contribution in [2.45, 2.75) is 33.1 Å². The highest BCUT2D eigenvalue weighted by Crippen LogP contribution is 2.71. The van der Waals surface area contributed by atoms with Gasteiger partial charge in [0.1, 0.15) is 0 Å². The smallest absolute Gasteiger partial charge is 0.238 e. The fourth-order valence-corrected chi connectivity index (χ4v) is 7.00. The van der Waals surface area contributed by atoms with Crippen LogP contribution in [0.4, 0.5) is 5.69 Å². The Morgan fingerprint density at radius 2 is 1.64 bits per heavy atom. The number of fused-ring (bicyclic) bond motifs is 5. The van der Waals surface area contributed by atoms with Crippen LogP contribution in [0.2, 0.25) is 0 Å². The number of rotatable bonds is 1. The van der Waals surface area contributed by atoms with Gasteiger partial charge < -0.3 is 0 Å². The second kappa shape index (κ2) is 4.25. The number of benzene rings is 1. The molecular formula is C22H23NO2. The van der Waals surface area contributed by atoms with Crippen molar-refractivity contribution in [2.75, 3.05) is 4.90 Å². The van der Waals surface area contributed by atoms with Crippen molar-refractivity contribution in [3.05, 3.63) is 41.5 Å². The number of anilines is 1. The quantitative estimate of drug-likeness (QED) is 0.579. The summed E-state index contributed by atoms with van der Waals surface area (Å²) in [5.41, 5.74) is 4.33. The second-order valence-electron chi connectivity index (χ2n) is 9.34. The van der Waals surface area contributed by atoms with Gasteiger partial charge in [0.25, 0.3) is 0 Å². The molecule has 6 atom stereocenters. The molecule has 3 fully saturated rings. The van der Waals surface area contributed by atoms with Crippen LogP contribution in [0.5, 0.6) is 0 Å². The lowest BCUT2D eigenvalue weighted by molar-refractivity contribution is -0.123. The predicted octanol–water partition coefficient (Wildman–Crippen LogP) is 3.80. The van der Waals surface area contributed by atoms with Crippen molar-refractivity contribution in [3.8, 4) is 0 Å². The summed E-state index contributed by atoms with van der Waals surface area (Å²) in [5.74, 6) is 2.05. The molecule has 1 aromatic rings. The summed E-state index contributed by atoms with van der Waals surface area (Å²) in [6, 6.07) is 9.49. The standard InChI is InChI=1S/C22H23NO2/c1-22(2)11-8-13-14-10-15(17(13)16(22)9-11)19-18(14)20(24)23(21(19)25)12-6-4-3-5-7-12/h3-7,11,14-16,18-19H,8-10H2,1-2H3/t11-,14+,15+,16+,18-,19+/m0/s1. The molecule has 1 aromatic carbocycles. The van der Waals surface area contributed by atoms with Gasteiger partial charge in [-0.15, -0.1) is 0 Å². The molecular weight excluding hydrogens is 310 g/mol. The van der Waals surface area contributed by atoms with Crippen molar-refractivity contribution >= 4 is 17.5 Å². The minimum Gasteiger partial charge on any atom is -0.274 e. The van der Waals surface area contributed by atoms with E-state index < -0.39 is 0 Å². The monoisotopic (exact) mass is 333 g/mol. The van der Waals surface area contributed by atoms with Crippen molar-refractivity contribution in [1.29, 1.82) is 0 Å². The highest BCUT2D eigenvalue weighted by atomic mass is 16.2. The van der Waals surface area contributed by atoms with E-state index in [1.165, 1.54) is 17.7 Å². The SMILES string of the molecule is CC1(C)[C@H]2CC3=C([C@H]4C[C@H]3[C@@H]3C(=O)N(c5ccccc5)C(=O)[C@@H]34)[C@H]1C2. The Kier molecular flexibility index (Phi) is 2.43. The first-order valence-electron chi connectivity index (χ1n) is 9.66. The zero-order chi connectivity index (χ0) is 17.1. The predicted molar refractivity (Wildman–Crippen MR) is 94.5 cm³/mol. The maximum Gasteiger partial charge on any atom is 0.238 e. The zero-order valence-corrected chi connectivity index (χ0v) is 14.7. The van der Waals surface area contributed by atoms with E-state index in [4.69, 9.17) is 0 Å². The molecule has 6 aliphatic rings. The van der Waals surface area contributed by atoms with Gasteiger partial charge in [0.15, 0.2) is 0 Å². The molecule has 0 radical (unpaired) electrons. The molecule has 0 N–H and O–H groups in total. The van der Waals surface area contributed by atoms with Crippen molar-refractivity contribution in [3.63, 3.8) is 0 Å². The average molecular weight is 333 g/mol. The molecule has 5 aliphatic carbocycles. The van der Waals surface area contributed by atoms with Crippen LogP contribution in [-0.2, 0) is 9.59 Å². The van der Waals surface area contributed by atoms with Gasteiger partial charge in [-0.2, -0.15) is 0 Å². The lowest BCUT2D eigenvalue weighted by Crippen LogP contribution is -2.51. The molecule has 3 nitrogen and oxygen atoms in total. The average Bonchev–Trinajstić information content (AvgIpc) is 3.26. The van der Waals surface area contributed by atoms with E-state index in [9.17, 15) is 9.59 Å². The van der Waals surface area contributed by atoms with Gasteiger partial charge in [-0.25, -0.2) is 0 Å². The number of hydrogen-bond acceptors (Lipinski definition) is 2. The van der Waals surface area contributed by atoms with Gasteiger partial charge in [-0.3, -0.25) is 14.5 Å². The van der Waals surface area contributed by atoms with Crippen LogP contribution in [0.15, 0.2) is 41.5 Å². The third kappa shape index (κ3) is 1.46. The minimum atomic E-state index is -0.0931. The molecule has 25 heavy (non-hydrogen) atoms. The van der Waals surface area contributed by atoms with Crippen LogP contribution in [0, 0.1) is 40.9 Å². The maximum atomic E-state index is 13.2. The molecule has 0 aromatic heterocycles. The first-order chi connectivity index (χ1) is 12.0. The van der Waals surface area contributed by atoms with E-state index in [0.29, 0.717) is 23.2 Å². The van der Waals surface area contributed by atoms with Crippen LogP contribution in [0.1, 0.15) is 33.1 Å². The van der Waals surface area contributed by atoms with Gasteiger partial charge in [0.05, 0.1) is 17.5 Å². The van der Waals surface area contributed by atoms with E-state index in [0.717, 1.165) is 18.0 Å². The van der Waals surface area contributed by atoms with Gasteiger partial charge in [0.2, 0.25) is 11.8 Å². The van der Waals surface area contributed by atoms with Gasteiger partial charge >= 0.3 is 0 Å².